The molecule has 0 amide bonds. The number of hydrogen-bond donors (Lipinski definition) is 2. The molecule has 0 aliphatic carbocycles. The van der Waals surface area contributed by atoms with E-state index < -0.39 is 0 Å². The second-order valence-electron chi connectivity index (χ2n) is 5.63. The molecule has 1 heterocycles. The number of hydrogen-bond acceptors (Lipinski definition) is 3. The van der Waals surface area contributed by atoms with Crippen LogP contribution in [0.1, 0.15) is 31.1 Å². The predicted molar refractivity (Wildman–Crippen MR) is 93.0 cm³/mol. The summed E-state index contributed by atoms with van der Waals surface area (Å²) in [6, 6.07) is 14.7. The van der Waals surface area contributed by atoms with Crippen molar-refractivity contribution in [2.75, 3.05) is 11.1 Å². The Kier molecular flexibility index (Phi) is 3.75. The zero-order valence-corrected chi connectivity index (χ0v) is 13.3. The molecule has 0 radical (unpaired) electrons. The molecule has 0 saturated carbocycles. The molecule has 4 heteroatoms. The molecular formula is C18H22N4. The van der Waals surface area contributed by atoms with Gasteiger partial charge < -0.3 is 11.1 Å². The molecule has 1 unspecified atom stereocenters. The summed E-state index contributed by atoms with van der Waals surface area (Å²) in [7, 11) is 0. The highest BCUT2D eigenvalue weighted by molar-refractivity contribution is 5.91. The Morgan fingerprint density at radius 2 is 1.95 bits per heavy atom. The van der Waals surface area contributed by atoms with Crippen molar-refractivity contribution in [3.8, 4) is 0 Å². The van der Waals surface area contributed by atoms with Gasteiger partial charge in [0.25, 0.3) is 0 Å². The molecular weight excluding hydrogens is 272 g/mol. The van der Waals surface area contributed by atoms with Gasteiger partial charge in [0.15, 0.2) is 0 Å². The van der Waals surface area contributed by atoms with E-state index >= 15 is 0 Å². The van der Waals surface area contributed by atoms with E-state index in [4.69, 9.17) is 5.73 Å². The highest BCUT2D eigenvalue weighted by atomic mass is 15.3. The Morgan fingerprint density at radius 1 is 1.23 bits per heavy atom. The molecule has 0 aliphatic rings. The summed E-state index contributed by atoms with van der Waals surface area (Å²) >= 11 is 0. The molecule has 0 saturated heterocycles. The lowest BCUT2D eigenvalue weighted by molar-refractivity contribution is 0.676. The first-order valence-electron chi connectivity index (χ1n) is 7.68. The molecule has 3 rings (SSSR count). The summed E-state index contributed by atoms with van der Waals surface area (Å²) in [4.78, 5) is 0. The minimum atomic E-state index is 0.194. The minimum Gasteiger partial charge on any atom is -0.397 e. The Hall–Kier alpha value is -2.49. The van der Waals surface area contributed by atoms with Crippen molar-refractivity contribution in [2.45, 2.75) is 33.4 Å². The van der Waals surface area contributed by atoms with E-state index in [1.54, 1.807) is 0 Å². The highest BCUT2D eigenvalue weighted by Gasteiger charge is 2.12. The van der Waals surface area contributed by atoms with Crippen molar-refractivity contribution in [1.82, 2.24) is 9.78 Å². The van der Waals surface area contributed by atoms with E-state index in [1.165, 1.54) is 5.56 Å². The van der Waals surface area contributed by atoms with Gasteiger partial charge in [-0.2, -0.15) is 5.10 Å². The second kappa shape index (κ2) is 5.72. The lowest BCUT2D eigenvalue weighted by atomic mass is 10.1. The SMILES string of the molecule is CCn1nc(C)c2cc(N)c(NC(C)c3ccccc3)cc21. The maximum atomic E-state index is 6.23. The van der Waals surface area contributed by atoms with Crippen LogP contribution in [0.5, 0.6) is 0 Å². The lowest BCUT2D eigenvalue weighted by Crippen LogP contribution is -2.08. The fraction of sp³-hybridized carbons (Fsp3) is 0.278. The highest BCUT2D eigenvalue weighted by Crippen LogP contribution is 2.30. The van der Waals surface area contributed by atoms with Gasteiger partial charge >= 0.3 is 0 Å². The maximum Gasteiger partial charge on any atom is 0.0707 e. The summed E-state index contributed by atoms with van der Waals surface area (Å²) in [5, 5.41) is 9.20. The van der Waals surface area contributed by atoms with E-state index in [-0.39, 0.29) is 6.04 Å². The number of nitrogens with two attached hydrogens (primary N) is 1. The third-order valence-electron chi connectivity index (χ3n) is 4.08. The van der Waals surface area contributed by atoms with Gasteiger partial charge in [0.1, 0.15) is 0 Å². The van der Waals surface area contributed by atoms with Gasteiger partial charge in [-0.25, -0.2) is 0 Å². The number of benzene rings is 2. The van der Waals surface area contributed by atoms with Crippen molar-refractivity contribution in [3.05, 3.63) is 53.7 Å². The van der Waals surface area contributed by atoms with E-state index in [0.29, 0.717) is 0 Å². The largest absolute Gasteiger partial charge is 0.397 e. The van der Waals surface area contributed by atoms with Crippen LogP contribution in [-0.4, -0.2) is 9.78 Å². The average Bonchev–Trinajstić information content (AvgIpc) is 2.84. The van der Waals surface area contributed by atoms with E-state index in [2.05, 4.69) is 54.6 Å². The Labute approximate surface area is 130 Å². The molecule has 3 N–H and O–H groups in total. The zero-order chi connectivity index (χ0) is 15.7. The molecule has 0 aliphatic heterocycles. The third-order valence-corrected chi connectivity index (χ3v) is 4.08. The van der Waals surface area contributed by atoms with Crippen LogP contribution in [0.25, 0.3) is 10.9 Å². The quantitative estimate of drug-likeness (QED) is 0.712. The summed E-state index contributed by atoms with van der Waals surface area (Å²) in [6.07, 6.45) is 0. The number of fused-ring (bicyclic) bond motifs is 1. The number of rotatable bonds is 4. The van der Waals surface area contributed by atoms with Crippen molar-refractivity contribution < 1.29 is 0 Å². The zero-order valence-electron chi connectivity index (χ0n) is 13.3. The molecule has 22 heavy (non-hydrogen) atoms. The topological polar surface area (TPSA) is 55.9 Å². The summed E-state index contributed by atoms with van der Waals surface area (Å²) in [5.74, 6) is 0. The molecule has 0 fully saturated rings. The van der Waals surface area contributed by atoms with Crippen LogP contribution in [0, 0.1) is 6.92 Å². The van der Waals surface area contributed by atoms with Crippen LogP contribution in [0.3, 0.4) is 0 Å². The minimum absolute atomic E-state index is 0.194. The molecule has 3 aromatic rings. The first kappa shape index (κ1) is 14.4. The molecule has 1 atom stereocenters. The second-order valence-corrected chi connectivity index (χ2v) is 5.63. The van der Waals surface area contributed by atoms with Crippen molar-refractivity contribution in [2.24, 2.45) is 0 Å². The predicted octanol–water partition coefficient (Wildman–Crippen LogP) is 4.12. The van der Waals surface area contributed by atoms with Gasteiger partial charge in [0.05, 0.1) is 22.6 Å². The monoisotopic (exact) mass is 294 g/mol. The van der Waals surface area contributed by atoms with Gasteiger partial charge in [0, 0.05) is 18.0 Å². The fourth-order valence-corrected chi connectivity index (χ4v) is 2.82. The molecule has 2 aromatic carbocycles. The third kappa shape index (κ3) is 2.52. The van der Waals surface area contributed by atoms with Gasteiger partial charge in [0.2, 0.25) is 0 Å². The number of aromatic nitrogens is 2. The summed E-state index contributed by atoms with van der Waals surface area (Å²) in [5.41, 5.74) is 11.3. The van der Waals surface area contributed by atoms with Crippen molar-refractivity contribution >= 4 is 22.3 Å². The summed E-state index contributed by atoms with van der Waals surface area (Å²) in [6.45, 7) is 7.11. The number of nitrogens with zero attached hydrogens (tertiary/aromatic N) is 2. The smallest absolute Gasteiger partial charge is 0.0707 e. The number of aryl methyl sites for hydroxylation is 2. The van der Waals surface area contributed by atoms with Crippen LogP contribution in [0.15, 0.2) is 42.5 Å². The van der Waals surface area contributed by atoms with Crippen molar-refractivity contribution in [1.29, 1.82) is 0 Å². The molecule has 4 nitrogen and oxygen atoms in total. The molecule has 1 aromatic heterocycles. The standard InChI is InChI=1S/C18H22N4/c1-4-22-18-11-17(16(19)10-15(18)13(3)21-22)20-12(2)14-8-6-5-7-9-14/h5-12,20H,4,19H2,1-3H3. The van der Waals surface area contributed by atoms with Gasteiger partial charge in [-0.05, 0) is 38.5 Å². The van der Waals surface area contributed by atoms with E-state index in [1.807, 2.05) is 23.7 Å². The Balaban J connectivity index is 1.98. The molecule has 114 valence electrons. The Bertz CT molecular complexity index is 790. The first-order valence-corrected chi connectivity index (χ1v) is 7.68. The van der Waals surface area contributed by atoms with Crippen LogP contribution in [0.4, 0.5) is 11.4 Å². The number of anilines is 2. The fourth-order valence-electron chi connectivity index (χ4n) is 2.82. The van der Waals surface area contributed by atoms with Gasteiger partial charge in [-0.15, -0.1) is 0 Å². The molecule has 0 bridgehead atoms. The molecule has 0 spiro atoms. The van der Waals surface area contributed by atoms with Gasteiger partial charge in [-0.1, -0.05) is 30.3 Å². The Morgan fingerprint density at radius 3 is 2.64 bits per heavy atom. The average molecular weight is 294 g/mol. The van der Waals surface area contributed by atoms with Crippen LogP contribution in [-0.2, 0) is 6.54 Å². The van der Waals surface area contributed by atoms with Crippen LogP contribution in [0.2, 0.25) is 0 Å². The van der Waals surface area contributed by atoms with E-state index in [0.717, 1.165) is 34.5 Å². The first-order chi connectivity index (χ1) is 10.6. The number of nitrogens with one attached hydrogen (secondary N) is 1. The van der Waals surface area contributed by atoms with Gasteiger partial charge in [-0.3, -0.25) is 4.68 Å². The van der Waals surface area contributed by atoms with Crippen LogP contribution >= 0.6 is 0 Å². The maximum absolute atomic E-state index is 6.23. The van der Waals surface area contributed by atoms with Crippen LogP contribution < -0.4 is 11.1 Å². The normalized spacial score (nSPS) is 12.5. The lowest BCUT2D eigenvalue weighted by Gasteiger charge is -2.17. The number of nitrogen functional groups attached to an aromatic ring is 1. The van der Waals surface area contributed by atoms with Crippen molar-refractivity contribution in [3.63, 3.8) is 0 Å². The summed E-state index contributed by atoms with van der Waals surface area (Å²) < 4.78 is 2.02. The van der Waals surface area contributed by atoms with E-state index in [9.17, 15) is 0 Å².